The molecule has 0 amide bonds. The van der Waals surface area contributed by atoms with E-state index in [0.717, 1.165) is 44.2 Å². The Morgan fingerprint density at radius 2 is 1.82 bits per heavy atom. The zero-order chi connectivity index (χ0) is 24.0. The van der Waals surface area contributed by atoms with Crippen LogP contribution in [0.25, 0.3) is 0 Å². The lowest BCUT2D eigenvalue weighted by atomic mass is 9.92. The van der Waals surface area contributed by atoms with Gasteiger partial charge >= 0.3 is 0 Å². The van der Waals surface area contributed by atoms with Crippen LogP contribution >= 0.6 is 23.2 Å². The smallest absolute Gasteiger partial charge is 0.121 e. The number of aryl methyl sites for hydroxylation is 1. The molecule has 0 spiro atoms. The fourth-order valence-electron chi connectivity index (χ4n) is 4.17. The van der Waals surface area contributed by atoms with Crippen LogP contribution < -0.4 is 9.47 Å². The minimum Gasteiger partial charge on any atom is -0.492 e. The van der Waals surface area contributed by atoms with Crippen LogP contribution in [0, 0.1) is 0 Å². The summed E-state index contributed by atoms with van der Waals surface area (Å²) in [6.07, 6.45) is 6.03. The van der Waals surface area contributed by atoms with Gasteiger partial charge in [-0.25, -0.2) is 4.98 Å². The van der Waals surface area contributed by atoms with Crippen molar-refractivity contribution in [3.8, 4) is 11.5 Å². The molecule has 34 heavy (non-hydrogen) atoms. The number of aliphatic hydroxyl groups is 1. The lowest BCUT2D eigenvalue weighted by Gasteiger charge is -2.38. The van der Waals surface area contributed by atoms with Gasteiger partial charge in [0.1, 0.15) is 36.1 Å². The van der Waals surface area contributed by atoms with Crippen molar-refractivity contribution in [3.05, 3.63) is 76.3 Å². The van der Waals surface area contributed by atoms with E-state index in [9.17, 15) is 5.11 Å². The average molecular weight is 504 g/mol. The van der Waals surface area contributed by atoms with E-state index in [0.29, 0.717) is 35.2 Å². The molecular formula is C26H31Cl2N3O3. The summed E-state index contributed by atoms with van der Waals surface area (Å²) in [7, 11) is 0. The Balaban J connectivity index is 1.23. The van der Waals surface area contributed by atoms with Gasteiger partial charge in [-0.05, 0) is 42.7 Å². The van der Waals surface area contributed by atoms with Crippen molar-refractivity contribution in [3.63, 3.8) is 0 Å². The first kappa shape index (κ1) is 24.9. The number of likely N-dealkylation sites (tertiary alicyclic amines) is 1. The number of ether oxygens (including phenoxy) is 2. The second-order valence-corrected chi connectivity index (χ2v) is 9.57. The Morgan fingerprint density at radius 1 is 1.03 bits per heavy atom. The van der Waals surface area contributed by atoms with Crippen LogP contribution in [-0.4, -0.2) is 51.5 Å². The summed E-state index contributed by atoms with van der Waals surface area (Å²) in [6, 6.07) is 13.4. The van der Waals surface area contributed by atoms with Crippen LogP contribution in [-0.2, 0) is 19.5 Å². The predicted octanol–water partition coefficient (Wildman–Crippen LogP) is 5.24. The fraction of sp³-hybridized carbons (Fsp3) is 0.423. The third-order valence-electron chi connectivity index (χ3n) is 6.21. The van der Waals surface area contributed by atoms with Crippen LogP contribution in [0.2, 0.25) is 10.0 Å². The molecule has 0 atom stereocenters. The van der Waals surface area contributed by atoms with E-state index in [1.807, 2.05) is 24.5 Å². The standard InChI is InChI=1S/C26H31Cl2N3O3/c1-2-25-29-10-13-31(25)14-15-33-21-5-3-4-20(16-21)18-30-11-8-26(32,9-12-30)19-34-22-6-7-23(27)24(28)17-22/h3-7,10,13,16-17,32H,2,8-9,11-12,14-15,18-19H2,1H3. The molecule has 2 aromatic carbocycles. The second kappa shape index (κ2) is 11.5. The Kier molecular flexibility index (Phi) is 8.37. The maximum absolute atomic E-state index is 11.0. The molecule has 1 aliphatic rings. The van der Waals surface area contributed by atoms with E-state index in [1.54, 1.807) is 18.2 Å². The van der Waals surface area contributed by atoms with Crippen LogP contribution in [0.15, 0.2) is 54.9 Å². The summed E-state index contributed by atoms with van der Waals surface area (Å²) in [5, 5.41) is 11.9. The number of benzene rings is 2. The van der Waals surface area contributed by atoms with Crippen molar-refractivity contribution in [2.24, 2.45) is 0 Å². The highest BCUT2D eigenvalue weighted by Crippen LogP contribution is 2.29. The first-order valence-corrected chi connectivity index (χ1v) is 12.4. The van der Waals surface area contributed by atoms with E-state index in [-0.39, 0.29) is 6.61 Å². The van der Waals surface area contributed by atoms with Gasteiger partial charge in [0, 0.05) is 44.5 Å². The SMILES string of the molecule is CCc1nccn1CCOc1cccc(CN2CCC(O)(COc3ccc(Cl)c(Cl)c3)CC2)c1. The molecule has 0 saturated carbocycles. The third kappa shape index (κ3) is 6.66. The average Bonchev–Trinajstić information content (AvgIpc) is 3.29. The zero-order valence-electron chi connectivity index (χ0n) is 19.4. The third-order valence-corrected chi connectivity index (χ3v) is 6.95. The molecule has 3 aromatic rings. The number of piperidine rings is 1. The highest BCUT2D eigenvalue weighted by Gasteiger charge is 2.33. The number of nitrogens with zero attached hydrogens (tertiary/aromatic N) is 3. The van der Waals surface area contributed by atoms with Gasteiger partial charge in [-0.1, -0.05) is 42.3 Å². The van der Waals surface area contributed by atoms with Gasteiger partial charge in [0.15, 0.2) is 0 Å². The normalized spacial score (nSPS) is 15.9. The van der Waals surface area contributed by atoms with Gasteiger partial charge in [-0.2, -0.15) is 0 Å². The first-order chi connectivity index (χ1) is 16.4. The summed E-state index contributed by atoms with van der Waals surface area (Å²) in [5.41, 5.74) is 0.352. The van der Waals surface area contributed by atoms with E-state index in [4.69, 9.17) is 32.7 Å². The van der Waals surface area contributed by atoms with Gasteiger partial charge in [-0.3, -0.25) is 4.90 Å². The van der Waals surface area contributed by atoms with Crippen molar-refractivity contribution in [2.45, 2.75) is 44.9 Å². The number of aromatic nitrogens is 2. The molecule has 1 aromatic heterocycles. The molecule has 2 heterocycles. The predicted molar refractivity (Wildman–Crippen MR) is 135 cm³/mol. The Morgan fingerprint density at radius 3 is 2.59 bits per heavy atom. The van der Waals surface area contributed by atoms with Crippen LogP contribution in [0.4, 0.5) is 0 Å². The van der Waals surface area contributed by atoms with Crippen molar-refractivity contribution in [1.29, 1.82) is 0 Å². The number of hydrogen-bond donors (Lipinski definition) is 1. The van der Waals surface area contributed by atoms with Gasteiger partial charge in [-0.15, -0.1) is 0 Å². The summed E-state index contributed by atoms with van der Waals surface area (Å²) >= 11 is 12.0. The maximum atomic E-state index is 11.0. The summed E-state index contributed by atoms with van der Waals surface area (Å²) in [6.45, 7) is 6.14. The van der Waals surface area contributed by atoms with Crippen LogP contribution in [0.1, 0.15) is 31.2 Å². The highest BCUT2D eigenvalue weighted by molar-refractivity contribution is 6.42. The van der Waals surface area contributed by atoms with Crippen LogP contribution in [0.3, 0.4) is 0 Å². The molecule has 1 aliphatic heterocycles. The molecule has 1 fully saturated rings. The maximum Gasteiger partial charge on any atom is 0.121 e. The molecule has 0 aliphatic carbocycles. The van der Waals surface area contributed by atoms with Gasteiger partial charge in [0.2, 0.25) is 0 Å². The molecule has 182 valence electrons. The van der Waals surface area contributed by atoms with E-state index >= 15 is 0 Å². The summed E-state index contributed by atoms with van der Waals surface area (Å²) in [4.78, 5) is 6.70. The lowest BCUT2D eigenvalue weighted by molar-refractivity contribution is -0.0537. The Bertz CT molecular complexity index is 1080. The monoisotopic (exact) mass is 503 g/mol. The largest absolute Gasteiger partial charge is 0.492 e. The van der Waals surface area contributed by atoms with E-state index in [2.05, 4.69) is 33.5 Å². The Labute approximate surface area is 211 Å². The fourth-order valence-corrected chi connectivity index (χ4v) is 4.46. The van der Waals surface area contributed by atoms with Gasteiger partial charge in [0.25, 0.3) is 0 Å². The summed E-state index contributed by atoms with van der Waals surface area (Å²) < 4.78 is 13.9. The van der Waals surface area contributed by atoms with Crippen molar-refractivity contribution in [2.75, 3.05) is 26.3 Å². The topological polar surface area (TPSA) is 59.8 Å². The second-order valence-electron chi connectivity index (χ2n) is 8.75. The molecule has 1 saturated heterocycles. The first-order valence-electron chi connectivity index (χ1n) is 11.7. The summed E-state index contributed by atoms with van der Waals surface area (Å²) in [5.74, 6) is 2.56. The molecule has 0 radical (unpaired) electrons. The quantitative estimate of drug-likeness (QED) is 0.410. The lowest BCUT2D eigenvalue weighted by Crippen LogP contribution is -2.47. The molecule has 8 heteroatoms. The Hall–Kier alpha value is -2.25. The van der Waals surface area contributed by atoms with Crippen molar-refractivity contribution >= 4 is 23.2 Å². The minimum atomic E-state index is -0.849. The molecule has 4 rings (SSSR count). The number of hydrogen-bond acceptors (Lipinski definition) is 5. The minimum absolute atomic E-state index is 0.235. The number of halogens is 2. The highest BCUT2D eigenvalue weighted by atomic mass is 35.5. The van der Waals surface area contributed by atoms with Gasteiger partial charge < -0.3 is 19.1 Å². The van der Waals surface area contributed by atoms with Crippen molar-refractivity contribution < 1.29 is 14.6 Å². The van der Waals surface area contributed by atoms with Gasteiger partial charge in [0.05, 0.1) is 16.6 Å². The van der Waals surface area contributed by atoms with E-state index in [1.165, 1.54) is 5.56 Å². The molecular weight excluding hydrogens is 473 g/mol. The number of imidazole rings is 1. The van der Waals surface area contributed by atoms with Crippen molar-refractivity contribution in [1.82, 2.24) is 14.5 Å². The zero-order valence-corrected chi connectivity index (χ0v) is 20.9. The number of rotatable bonds is 10. The molecule has 6 nitrogen and oxygen atoms in total. The van der Waals surface area contributed by atoms with E-state index < -0.39 is 5.60 Å². The molecule has 1 N–H and O–H groups in total. The van der Waals surface area contributed by atoms with Crippen LogP contribution in [0.5, 0.6) is 11.5 Å². The molecule has 0 unspecified atom stereocenters. The molecule has 0 bridgehead atoms.